The maximum absolute atomic E-state index is 3.92. The van der Waals surface area contributed by atoms with Gasteiger partial charge in [0.25, 0.3) is 0 Å². The zero-order valence-corrected chi connectivity index (χ0v) is 33.1. The van der Waals surface area contributed by atoms with Gasteiger partial charge in [-0.05, 0) is 112 Å². The van der Waals surface area contributed by atoms with E-state index in [4.69, 9.17) is 0 Å². The maximum atomic E-state index is 3.92. The number of rotatable bonds is 8. The molecule has 0 saturated carbocycles. The lowest BCUT2D eigenvalue weighted by molar-refractivity contribution is 1.18. The molecular weight excluding hydrogens is 733 g/mol. The summed E-state index contributed by atoms with van der Waals surface area (Å²) in [6.45, 7) is 3.92. The summed E-state index contributed by atoms with van der Waals surface area (Å²) in [5.41, 5.74) is 15.2. The molecule has 11 aromatic rings. The standard InChI is InChI=1S/C56H38N2S/c1-2-38-19-21-39(22-20-38)40-23-30-45(31-24-40)57(47-34-27-42(28-35-47)48-15-10-16-51-50-14-7-9-18-55(50)59-56(48)51)46-32-25-41(26-33-46)43-29-36-54-52(37-43)49-13-6-8-17-53(49)58(54)44-11-4-3-5-12-44/h2-37H,1H2. The third-order valence-electron chi connectivity index (χ3n) is 11.6. The molecule has 0 aliphatic carbocycles. The molecule has 0 spiro atoms. The van der Waals surface area contributed by atoms with Crippen LogP contribution in [0.5, 0.6) is 0 Å². The lowest BCUT2D eigenvalue weighted by Crippen LogP contribution is -2.09. The van der Waals surface area contributed by atoms with E-state index in [2.05, 4.69) is 228 Å². The number of hydrogen-bond donors (Lipinski definition) is 0. The van der Waals surface area contributed by atoms with Crippen LogP contribution in [0.3, 0.4) is 0 Å². The van der Waals surface area contributed by atoms with E-state index >= 15 is 0 Å². The number of fused-ring (bicyclic) bond motifs is 6. The molecule has 2 nitrogen and oxygen atoms in total. The summed E-state index contributed by atoms with van der Waals surface area (Å²) in [6.07, 6.45) is 1.88. The third-order valence-corrected chi connectivity index (χ3v) is 12.8. The average molecular weight is 771 g/mol. The molecule has 9 aromatic carbocycles. The summed E-state index contributed by atoms with van der Waals surface area (Å²) in [6, 6.07) is 77.1. The van der Waals surface area contributed by atoms with Crippen molar-refractivity contribution in [2.75, 3.05) is 4.90 Å². The molecule has 0 atom stereocenters. The van der Waals surface area contributed by atoms with Crippen molar-refractivity contribution in [1.82, 2.24) is 4.57 Å². The van der Waals surface area contributed by atoms with Gasteiger partial charge in [0.05, 0.1) is 11.0 Å². The minimum Gasteiger partial charge on any atom is -0.311 e. The molecule has 0 saturated heterocycles. The molecule has 11 rings (SSSR count). The first kappa shape index (κ1) is 34.8. The molecule has 278 valence electrons. The number of anilines is 3. The molecule has 0 unspecified atom stereocenters. The second-order valence-corrected chi connectivity index (χ2v) is 16.1. The first-order valence-corrected chi connectivity index (χ1v) is 20.8. The van der Waals surface area contributed by atoms with Crippen molar-refractivity contribution in [3.05, 3.63) is 224 Å². The Bertz CT molecular complexity index is 3300. The second-order valence-electron chi connectivity index (χ2n) is 15.0. The zero-order chi connectivity index (χ0) is 39.3. The number of benzene rings is 9. The van der Waals surface area contributed by atoms with E-state index < -0.39 is 0 Å². The fourth-order valence-corrected chi connectivity index (χ4v) is 9.88. The molecular formula is C56H38N2S. The van der Waals surface area contributed by atoms with Gasteiger partial charge >= 0.3 is 0 Å². The Morgan fingerprint density at radius 2 is 0.932 bits per heavy atom. The van der Waals surface area contributed by atoms with Gasteiger partial charge in [-0.25, -0.2) is 0 Å². The largest absolute Gasteiger partial charge is 0.311 e. The summed E-state index contributed by atoms with van der Waals surface area (Å²) in [7, 11) is 0. The Morgan fingerprint density at radius 1 is 0.407 bits per heavy atom. The van der Waals surface area contributed by atoms with E-state index in [0.717, 1.165) is 22.6 Å². The van der Waals surface area contributed by atoms with Gasteiger partial charge in [0.1, 0.15) is 0 Å². The summed E-state index contributed by atoms with van der Waals surface area (Å²) in [4.78, 5) is 2.36. The Labute approximate surface area is 347 Å². The fourth-order valence-electron chi connectivity index (χ4n) is 8.64. The number of thiophene rings is 1. The molecule has 0 fully saturated rings. The van der Waals surface area contributed by atoms with Crippen molar-refractivity contribution < 1.29 is 0 Å². The van der Waals surface area contributed by atoms with E-state index in [1.807, 2.05) is 17.4 Å². The van der Waals surface area contributed by atoms with Crippen molar-refractivity contribution in [2.45, 2.75) is 0 Å². The van der Waals surface area contributed by atoms with Gasteiger partial charge < -0.3 is 9.47 Å². The van der Waals surface area contributed by atoms with Crippen LogP contribution in [0.15, 0.2) is 219 Å². The maximum Gasteiger partial charge on any atom is 0.0541 e. The number of nitrogens with zero attached hydrogens (tertiary/aromatic N) is 2. The first-order chi connectivity index (χ1) is 29.2. The van der Waals surface area contributed by atoms with E-state index in [1.54, 1.807) is 0 Å². The Hall–Kier alpha value is -7.46. The smallest absolute Gasteiger partial charge is 0.0541 e. The van der Waals surface area contributed by atoms with Gasteiger partial charge in [0.15, 0.2) is 0 Å². The molecule has 0 amide bonds. The number of hydrogen-bond acceptors (Lipinski definition) is 2. The monoisotopic (exact) mass is 770 g/mol. The Morgan fingerprint density at radius 3 is 1.61 bits per heavy atom. The summed E-state index contributed by atoms with van der Waals surface area (Å²) in [5.74, 6) is 0. The molecule has 0 aliphatic heterocycles. The van der Waals surface area contributed by atoms with Crippen LogP contribution < -0.4 is 4.90 Å². The fraction of sp³-hybridized carbons (Fsp3) is 0. The van der Waals surface area contributed by atoms with Crippen molar-refractivity contribution in [2.24, 2.45) is 0 Å². The molecule has 0 aliphatic rings. The van der Waals surface area contributed by atoms with Gasteiger partial charge in [0, 0.05) is 53.7 Å². The first-order valence-electron chi connectivity index (χ1n) is 20.0. The van der Waals surface area contributed by atoms with Crippen LogP contribution in [-0.4, -0.2) is 4.57 Å². The van der Waals surface area contributed by atoms with E-state index in [1.165, 1.54) is 81.0 Å². The molecule has 2 heterocycles. The van der Waals surface area contributed by atoms with Crippen molar-refractivity contribution >= 4 is 76.5 Å². The minimum atomic E-state index is 1.10. The third kappa shape index (κ3) is 6.12. The highest BCUT2D eigenvalue weighted by Gasteiger charge is 2.17. The minimum absolute atomic E-state index is 1.10. The molecule has 0 radical (unpaired) electrons. The molecule has 0 N–H and O–H groups in total. The second kappa shape index (κ2) is 14.5. The number of aromatic nitrogens is 1. The zero-order valence-electron chi connectivity index (χ0n) is 32.3. The van der Waals surface area contributed by atoms with Crippen LogP contribution in [0.2, 0.25) is 0 Å². The van der Waals surface area contributed by atoms with Crippen LogP contribution in [0.1, 0.15) is 5.56 Å². The van der Waals surface area contributed by atoms with Crippen LogP contribution in [0.25, 0.3) is 87.1 Å². The van der Waals surface area contributed by atoms with Gasteiger partial charge in [-0.15, -0.1) is 11.3 Å². The SMILES string of the molecule is C=Cc1ccc(-c2ccc(N(c3ccc(-c4ccc5c(c4)c4ccccc4n5-c4ccccc4)cc3)c3ccc(-c4cccc5c4sc4ccccc45)cc3)cc2)cc1. The Kier molecular flexibility index (Phi) is 8.53. The van der Waals surface area contributed by atoms with Crippen LogP contribution in [0, 0.1) is 0 Å². The van der Waals surface area contributed by atoms with Crippen LogP contribution in [-0.2, 0) is 0 Å². The average Bonchev–Trinajstić information content (AvgIpc) is 3.86. The topological polar surface area (TPSA) is 8.17 Å². The molecule has 3 heteroatoms. The lowest BCUT2D eigenvalue weighted by Gasteiger charge is -2.26. The highest BCUT2D eigenvalue weighted by atomic mass is 32.1. The van der Waals surface area contributed by atoms with Gasteiger partial charge in [0.2, 0.25) is 0 Å². The van der Waals surface area contributed by atoms with Crippen molar-refractivity contribution in [3.63, 3.8) is 0 Å². The van der Waals surface area contributed by atoms with Crippen molar-refractivity contribution in [1.29, 1.82) is 0 Å². The van der Waals surface area contributed by atoms with Gasteiger partial charge in [-0.2, -0.15) is 0 Å². The lowest BCUT2D eigenvalue weighted by atomic mass is 10.0. The normalized spacial score (nSPS) is 11.5. The molecule has 59 heavy (non-hydrogen) atoms. The van der Waals surface area contributed by atoms with Gasteiger partial charge in [-0.1, -0.05) is 152 Å². The number of para-hydroxylation sites is 2. The summed E-state index contributed by atoms with van der Waals surface area (Å²) in [5, 5.41) is 5.13. The highest BCUT2D eigenvalue weighted by Crippen LogP contribution is 2.42. The molecule has 2 aromatic heterocycles. The predicted octanol–water partition coefficient (Wildman–Crippen LogP) is 16.3. The van der Waals surface area contributed by atoms with Crippen molar-refractivity contribution in [3.8, 4) is 39.1 Å². The predicted molar refractivity (Wildman–Crippen MR) is 255 cm³/mol. The van der Waals surface area contributed by atoms with Gasteiger partial charge in [-0.3, -0.25) is 0 Å². The van der Waals surface area contributed by atoms with Crippen LogP contribution >= 0.6 is 11.3 Å². The van der Waals surface area contributed by atoms with E-state index in [-0.39, 0.29) is 0 Å². The van der Waals surface area contributed by atoms with E-state index in [0.29, 0.717) is 0 Å². The highest BCUT2D eigenvalue weighted by molar-refractivity contribution is 7.26. The quantitative estimate of drug-likeness (QED) is 0.149. The molecule has 0 bridgehead atoms. The van der Waals surface area contributed by atoms with Crippen LogP contribution in [0.4, 0.5) is 17.1 Å². The Balaban J connectivity index is 0.979. The van der Waals surface area contributed by atoms with E-state index in [9.17, 15) is 0 Å². The summed E-state index contributed by atoms with van der Waals surface area (Å²) < 4.78 is 5.01. The summed E-state index contributed by atoms with van der Waals surface area (Å²) >= 11 is 1.87.